The molecule has 6 atom stereocenters. The van der Waals surface area contributed by atoms with Crippen molar-refractivity contribution in [3.05, 3.63) is 323 Å². The number of hydrogen-bond acceptors (Lipinski definition) is 22. The van der Waals surface area contributed by atoms with Crippen LogP contribution in [0, 0.1) is 0 Å². The van der Waals surface area contributed by atoms with Gasteiger partial charge in [-0.1, -0.05) is 111 Å². The highest BCUT2D eigenvalue weighted by molar-refractivity contribution is 6.45. The number of rotatable bonds is 36. The first-order valence-corrected chi connectivity index (χ1v) is 45.8. The number of benzene rings is 13. The average Bonchev–Trinajstić information content (AvgIpc) is 1.40. The van der Waals surface area contributed by atoms with Crippen LogP contribution < -0.4 is 40.2 Å². The number of amides is 8. The molecule has 6 aliphatic rings. The molecule has 8 amide bonds. The van der Waals surface area contributed by atoms with Gasteiger partial charge in [0.15, 0.2) is 0 Å². The molecule has 138 heavy (non-hydrogen) atoms. The maximum atomic E-state index is 17.1. The van der Waals surface area contributed by atoms with E-state index >= 15 is 28.8 Å². The van der Waals surface area contributed by atoms with Crippen molar-refractivity contribution in [1.82, 2.24) is 41.0 Å². The maximum Gasteiger partial charge on any atom is 0.329 e. The number of hydrogen-bond donors (Lipinski definition) is 4. The summed E-state index contributed by atoms with van der Waals surface area (Å²) < 4.78 is 64.1. The minimum atomic E-state index is -1.64. The summed E-state index contributed by atoms with van der Waals surface area (Å²) in [4.78, 5) is 165. The van der Waals surface area contributed by atoms with Gasteiger partial charge in [-0.2, -0.15) is 0 Å². The Kier molecular flexibility index (Phi) is 24.2. The summed E-state index contributed by atoms with van der Waals surface area (Å²) in [6.45, 7) is 6.82. The van der Waals surface area contributed by atoms with Gasteiger partial charge >= 0.3 is 11.9 Å². The van der Waals surface area contributed by atoms with Crippen LogP contribution in [0.4, 0.5) is 0 Å². The topological polar surface area (TPSA) is 357 Å². The van der Waals surface area contributed by atoms with Crippen molar-refractivity contribution in [2.24, 2.45) is 0 Å². The monoisotopic (exact) mass is 1840 g/mol. The normalized spacial score (nSPS) is 16.4. The zero-order chi connectivity index (χ0) is 94.3. The van der Waals surface area contributed by atoms with Gasteiger partial charge in [0.2, 0.25) is 0 Å². The SMILES string of the molecule is CCCOC(=O)C(Cc1ccncc1)N1C(=O)c2cc(Oc3cccc(-c4cccc(C(=O)NCC5CO5)c4)c3)c3c4c(Oc5cccc(-c6cccc(C(=O)NCC7CO7)c6)c5)cc5c6c(cc(Oc7cccc(-c8cccc(C(=O)NCC9CO9)c8)c7)c(c7c(Oc8cccc(-c9cccc(C(=O)NCC%10CO%10)c9)c8)cc(c2c37)C1=O)c64)C(=O)N(C(Cc1ccncc1)C(=O)OCCC)C5=O. The molecule has 28 nitrogen and oxygen atoms in total. The molecule has 4 fully saturated rings. The van der Waals surface area contributed by atoms with Crippen LogP contribution in [-0.2, 0) is 50.9 Å². The summed E-state index contributed by atoms with van der Waals surface area (Å²) >= 11 is 0. The summed E-state index contributed by atoms with van der Waals surface area (Å²) in [5.41, 5.74) is 6.47. The van der Waals surface area contributed by atoms with Gasteiger partial charge in [0.25, 0.3) is 47.3 Å². The second kappa shape index (κ2) is 37.8. The number of nitrogens with zero attached hydrogens (tertiary/aromatic N) is 4. The van der Waals surface area contributed by atoms with Gasteiger partial charge in [-0.05, 0) is 214 Å². The zero-order valence-corrected chi connectivity index (χ0v) is 74.7. The Morgan fingerprint density at radius 1 is 0.319 bits per heavy atom. The third-order valence-corrected chi connectivity index (χ3v) is 25.0. The lowest BCUT2D eigenvalue weighted by Crippen LogP contribution is -2.52. The highest BCUT2D eigenvalue weighted by Gasteiger charge is 2.48. The van der Waals surface area contributed by atoms with Crippen molar-refractivity contribution in [3.8, 4) is 90.5 Å². The number of esters is 2. The van der Waals surface area contributed by atoms with Gasteiger partial charge in [-0.15, -0.1) is 0 Å². The molecule has 4 saturated heterocycles. The third kappa shape index (κ3) is 18.3. The molecule has 2 aromatic heterocycles. The van der Waals surface area contributed by atoms with E-state index in [-0.39, 0.29) is 185 Å². The number of carbonyl (C=O) groups excluding carboxylic acids is 10. The molecule has 15 aromatic rings. The molecular formula is C110H88N8O20. The van der Waals surface area contributed by atoms with Crippen LogP contribution in [0.25, 0.3) is 87.6 Å². The Morgan fingerprint density at radius 3 is 0.797 bits per heavy atom. The largest absolute Gasteiger partial charge is 0.464 e. The molecule has 0 bridgehead atoms. The Hall–Kier alpha value is -16.4. The molecule has 8 heterocycles. The molecule has 13 aromatic carbocycles. The molecule has 0 saturated carbocycles. The predicted octanol–water partition coefficient (Wildman–Crippen LogP) is 17.2. The first kappa shape index (κ1) is 88.2. The first-order chi connectivity index (χ1) is 67.4. The Labute approximate surface area is 789 Å². The lowest BCUT2D eigenvalue weighted by atomic mass is 9.80. The van der Waals surface area contributed by atoms with Crippen LogP contribution >= 0.6 is 0 Å². The summed E-state index contributed by atoms with van der Waals surface area (Å²) in [6.07, 6.45) is 6.01. The fourth-order valence-electron chi connectivity index (χ4n) is 17.9. The fraction of sp³-hybridized carbons (Fsp3) is 0.200. The van der Waals surface area contributed by atoms with Crippen LogP contribution in [0.2, 0.25) is 0 Å². The van der Waals surface area contributed by atoms with Crippen LogP contribution in [0.5, 0.6) is 46.0 Å². The smallest absolute Gasteiger partial charge is 0.329 e. The standard InChI is InChI=1S/C110H88N8O20/c1-3-37-129-109(127)87(39-61-29-33-111-34-30-61)117-105(123)83-49-89(135-75-25-9-17-67(45-75)63-13-5-21-71(41-63)101(119)113-53-79-57-131-79)95-97-91(137-77-27-11-19-69(47-77)65-15-7-23-73(43-65)103(121)115-55-81-59-133-81)51-85-94-86(108(126)118(107(85)125)88(110(128)130-38-4-2)40-62-31-35-112-36-32-62)52-92(138-78-28-12-20-70(48-78)66-16-8-24-74(44-66)104(122)116-56-82-60-134-82)98(100(94)97)96-90(50-84(106(117)124)93(83)99(95)96)136-76-26-10-18-68(46-76)64-14-6-22-72(42-64)102(120)114-54-80-58-132-80/h5-36,41-52,79-82,87-88H,3-4,37-40,53-60H2,1-2H3,(H,113,119)(H,114,120)(H,115,121)(H,116,122). The highest BCUT2D eigenvalue weighted by atomic mass is 16.6. The number of ether oxygens (including phenoxy) is 10. The van der Waals surface area contributed by atoms with Crippen LogP contribution in [0.3, 0.4) is 0 Å². The Bertz CT molecular complexity index is 6660. The first-order valence-electron chi connectivity index (χ1n) is 45.8. The second-order valence-electron chi connectivity index (χ2n) is 34.6. The molecule has 4 N–H and O–H groups in total. The van der Waals surface area contributed by atoms with E-state index < -0.39 is 47.7 Å². The van der Waals surface area contributed by atoms with Crippen LogP contribution in [0.15, 0.2) is 267 Å². The van der Waals surface area contributed by atoms with Gasteiger partial charge in [-0.3, -0.25) is 58.1 Å². The van der Waals surface area contributed by atoms with Crippen molar-refractivity contribution in [3.63, 3.8) is 0 Å². The van der Waals surface area contributed by atoms with Crippen molar-refractivity contribution in [2.45, 2.75) is 76.0 Å². The van der Waals surface area contributed by atoms with E-state index in [0.717, 1.165) is 9.80 Å². The van der Waals surface area contributed by atoms with Crippen molar-refractivity contribution < 1.29 is 95.3 Å². The Balaban J connectivity index is 0.868. The lowest BCUT2D eigenvalue weighted by Gasteiger charge is -2.35. The number of epoxide rings is 4. The van der Waals surface area contributed by atoms with Crippen LogP contribution in [-0.4, -0.2) is 181 Å². The number of carbonyl (C=O) groups is 10. The van der Waals surface area contributed by atoms with E-state index in [2.05, 4.69) is 31.2 Å². The third-order valence-electron chi connectivity index (χ3n) is 25.0. The minimum Gasteiger partial charge on any atom is -0.464 e. The van der Waals surface area contributed by atoms with Gasteiger partial charge < -0.3 is 68.6 Å². The van der Waals surface area contributed by atoms with Gasteiger partial charge in [0, 0.05) is 129 Å². The molecule has 6 unspecified atom stereocenters. The van der Waals surface area contributed by atoms with E-state index in [1.807, 2.05) is 62.4 Å². The lowest BCUT2D eigenvalue weighted by molar-refractivity contribution is -0.149. The molecule has 0 radical (unpaired) electrons. The summed E-state index contributed by atoms with van der Waals surface area (Å²) in [5.74, 6) is -6.81. The van der Waals surface area contributed by atoms with Gasteiger partial charge in [0.1, 0.15) is 58.1 Å². The zero-order valence-electron chi connectivity index (χ0n) is 74.7. The molecule has 0 aliphatic carbocycles. The molecular weight excluding hydrogens is 1750 g/mol. The fourth-order valence-corrected chi connectivity index (χ4v) is 17.9. The van der Waals surface area contributed by atoms with Gasteiger partial charge in [0.05, 0.1) is 86.3 Å². The van der Waals surface area contributed by atoms with Crippen molar-refractivity contribution >= 4 is 102 Å². The van der Waals surface area contributed by atoms with E-state index in [1.54, 1.807) is 170 Å². The highest BCUT2D eigenvalue weighted by Crippen LogP contribution is 2.59. The maximum absolute atomic E-state index is 17.1. The van der Waals surface area contributed by atoms with Crippen LogP contribution in [0.1, 0.15) is 121 Å². The van der Waals surface area contributed by atoms with E-state index in [4.69, 9.17) is 47.4 Å². The van der Waals surface area contributed by atoms with E-state index in [1.165, 1.54) is 49.1 Å². The number of nitrogens with one attached hydrogen (secondary N) is 4. The second-order valence-corrected chi connectivity index (χ2v) is 34.6. The molecule has 0 spiro atoms. The minimum absolute atomic E-state index is 0.00897. The number of aromatic nitrogens is 2. The van der Waals surface area contributed by atoms with Crippen molar-refractivity contribution in [1.29, 1.82) is 0 Å². The predicted molar refractivity (Wildman–Crippen MR) is 511 cm³/mol. The molecule has 28 heteroatoms. The molecule has 21 rings (SSSR count). The molecule has 6 aliphatic heterocycles. The Morgan fingerprint density at radius 2 is 0.558 bits per heavy atom. The quantitative estimate of drug-likeness (QED) is 0.00931. The average molecular weight is 1840 g/mol. The summed E-state index contributed by atoms with van der Waals surface area (Å²) in [6, 6.07) is 65.6. The number of fused-ring (bicyclic) bond motifs is 2. The number of pyridine rings is 2. The van der Waals surface area contributed by atoms with Crippen molar-refractivity contribution in [2.75, 3.05) is 65.8 Å². The van der Waals surface area contributed by atoms with E-state index in [9.17, 15) is 19.2 Å². The molecule has 688 valence electrons. The van der Waals surface area contributed by atoms with E-state index in [0.29, 0.717) is 143 Å². The summed E-state index contributed by atoms with van der Waals surface area (Å²) in [5, 5.41) is 12.4. The van der Waals surface area contributed by atoms with Gasteiger partial charge in [-0.25, -0.2) is 9.59 Å². The number of imide groups is 2. The summed E-state index contributed by atoms with van der Waals surface area (Å²) in [7, 11) is 0.